The van der Waals surface area contributed by atoms with Crippen molar-refractivity contribution < 1.29 is 19.6 Å². The summed E-state index contributed by atoms with van der Waals surface area (Å²) in [6.07, 6.45) is 0. The summed E-state index contributed by atoms with van der Waals surface area (Å²) in [5, 5.41) is 24.6. The summed E-state index contributed by atoms with van der Waals surface area (Å²) in [5.74, 6) is -1.90. The van der Waals surface area contributed by atoms with E-state index in [4.69, 9.17) is 5.11 Å². The molecule has 0 saturated carbocycles. The Balaban J connectivity index is 2.30. The number of rotatable bonds is 5. The molecule has 0 aromatic heterocycles. The number of hydrogen-bond donors (Lipinski definition) is 2. The summed E-state index contributed by atoms with van der Waals surface area (Å²) in [6.45, 7) is 0. The lowest BCUT2D eigenvalue weighted by Gasteiger charge is -2.07. The molecule has 9 heteroatoms. The Morgan fingerprint density at radius 1 is 1.17 bits per heavy atom. The first-order valence-corrected chi connectivity index (χ1v) is 6.19. The molecule has 0 radical (unpaired) electrons. The Morgan fingerprint density at radius 3 is 2.52 bits per heavy atom. The second kappa shape index (κ2) is 6.43. The summed E-state index contributed by atoms with van der Waals surface area (Å²) in [4.78, 5) is 43.7. The topological polar surface area (TPSA) is 139 Å². The van der Waals surface area contributed by atoms with Crippen LogP contribution in [-0.4, -0.2) is 21.9 Å². The first kappa shape index (κ1) is 15.8. The van der Waals surface area contributed by atoms with E-state index in [1.54, 1.807) is 0 Å². The number of carbonyl (C=O) groups excluding carboxylic acids is 1. The third kappa shape index (κ3) is 3.53. The van der Waals surface area contributed by atoms with Crippen molar-refractivity contribution in [1.82, 2.24) is 0 Å². The van der Waals surface area contributed by atoms with E-state index in [2.05, 4.69) is 10.5 Å². The first-order valence-electron chi connectivity index (χ1n) is 6.19. The molecule has 2 aromatic rings. The molecule has 0 bridgehead atoms. The highest BCUT2D eigenvalue weighted by atomic mass is 16.6. The fourth-order valence-electron chi connectivity index (χ4n) is 1.83. The Kier molecular flexibility index (Phi) is 4.41. The van der Waals surface area contributed by atoms with Crippen molar-refractivity contribution in [3.05, 3.63) is 68.6 Å². The molecule has 9 nitrogen and oxygen atoms in total. The Morgan fingerprint density at radius 2 is 1.91 bits per heavy atom. The quantitative estimate of drug-likeness (QED) is 0.494. The van der Waals surface area contributed by atoms with Crippen LogP contribution in [0.15, 0.2) is 47.6 Å². The smallest absolute Gasteiger partial charge is 0.335 e. The van der Waals surface area contributed by atoms with Crippen molar-refractivity contribution in [2.75, 3.05) is 5.32 Å². The number of carbonyl (C=O) groups is 2. The van der Waals surface area contributed by atoms with Gasteiger partial charge in [-0.15, -0.1) is 4.91 Å². The number of amides is 1. The maximum Gasteiger partial charge on any atom is 0.335 e. The number of anilines is 1. The molecule has 0 aliphatic carbocycles. The van der Waals surface area contributed by atoms with Gasteiger partial charge in [0.15, 0.2) is 0 Å². The van der Waals surface area contributed by atoms with Gasteiger partial charge in [0, 0.05) is 17.8 Å². The minimum absolute atomic E-state index is 0.0276. The predicted octanol–water partition coefficient (Wildman–Crippen LogP) is 2.94. The number of nitro benzene ring substituents is 1. The third-order valence-electron chi connectivity index (χ3n) is 2.90. The number of nitrogens with zero attached hydrogens (tertiary/aromatic N) is 2. The number of aromatic carboxylic acids is 1. The summed E-state index contributed by atoms with van der Waals surface area (Å²) < 4.78 is 0. The van der Waals surface area contributed by atoms with Gasteiger partial charge in [0.25, 0.3) is 11.6 Å². The van der Waals surface area contributed by atoms with E-state index in [0.717, 1.165) is 18.2 Å². The van der Waals surface area contributed by atoms with Gasteiger partial charge in [-0.05, 0) is 29.4 Å². The number of nitrogens with one attached hydrogen (secondary N) is 1. The number of nitro groups is 1. The fraction of sp³-hybridized carbons (Fsp3) is 0. The van der Waals surface area contributed by atoms with E-state index >= 15 is 0 Å². The first-order chi connectivity index (χ1) is 10.9. The number of benzene rings is 2. The molecule has 116 valence electrons. The van der Waals surface area contributed by atoms with Crippen molar-refractivity contribution in [3.8, 4) is 0 Å². The molecule has 2 N–H and O–H groups in total. The lowest BCUT2D eigenvalue weighted by molar-refractivity contribution is -0.384. The zero-order valence-electron chi connectivity index (χ0n) is 11.4. The van der Waals surface area contributed by atoms with Crippen molar-refractivity contribution in [2.45, 2.75) is 0 Å². The van der Waals surface area contributed by atoms with Crippen molar-refractivity contribution in [1.29, 1.82) is 0 Å². The maximum absolute atomic E-state index is 12.1. The average molecular weight is 315 g/mol. The monoisotopic (exact) mass is 315 g/mol. The molecule has 23 heavy (non-hydrogen) atoms. The SMILES string of the molecule is O=Nc1cc([N+](=O)[O-])ccc1C(=O)Nc1cccc(C(=O)O)c1. The number of non-ortho nitro benzene ring substituents is 1. The molecule has 0 heterocycles. The third-order valence-corrected chi connectivity index (χ3v) is 2.90. The Bertz CT molecular complexity index is 818. The van der Waals surface area contributed by atoms with Gasteiger partial charge in [-0.25, -0.2) is 4.79 Å². The van der Waals surface area contributed by atoms with Gasteiger partial charge in [0.2, 0.25) is 0 Å². The molecule has 0 atom stereocenters. The van der Waals surface area contributed by atoms with Crippen LogP contribution in [0.2, 0.25) is 0 Å². The van der Waals surface area contributed by atoms with E-state index in [1.165, 1.54) is 24.3 Å². The lowest BCUT2D eigenvalue weighted by Crippen LogP contribution is -2.12. The summed E-state index contributed by atoms with van der Waals surface area (Å²) in [5.41, 5.74) is -0.744. The van der Waals surface area contributed by atoms with Crippen molar-refractivity contribution >= 4 is 28.9 Å². The van der Waals surface area contributed by atoms with E-state index in [9.17, 15) is 24.6 Å². The number of carboxylic acids is 1. The molecule has 0 spiro atoms. The molecule has 2 aromatic carbocycles. The van der Waals surface area contributed by atoms with E-state index in [1.807, 2.05) is 0 Å². The summed E-state index contributed by atoms with van der Waals surface area (Å²) in [6, 6.07) is 8.54. The number of hydrogen-bond acceptors (Lipinski definition) is 6. The highest BCUT2D eigenvalue weighted by molar-refractivity contribution is 6.08. The zero-order valence-corrected chi connectivity index (χ0v) is 11.4. The molecule has 0 saturated heterocycles. The normalized spacial score (nSPS) is 9.91. The molecule has 1 amide bonds. The van der Waals surface area contributed by atoms with Gasteiger partial charge in [0.1, 0.15) is 5.69 Å². The fourth-order valence-corrected chi connectivity index (χ4v) is 1.83. The van der Waals surface area contributed by atoms with Crippen LogP contribution in [0.5, 0.6) is 0 Å². The van der Waals surface area contributed by atoms with Crippen molar-refractivity contribution in [2.24, 2.45) is 5.18 Å². The van der Waals surface area contributed by atoms with Crippen molar-refractivity contribution in [3.63, 3.8) is 0 Å². The summed E-state index contributed by atoms with van der Waals surface area (Å²) in [7, 11) is 0. The standard InChI is InChI=1S/C14H9N3O6/c18-13(15-9-3-1-2-8(6-9)14(19)20)11-5-4-10(17(22)23)7-12(11)16-21/h1-7H,(H,15,18)(H,19,20). The van der Waals surface area contributed by atoms with Crippen LogP contribution in [0.1, 0.15) is 20.7 Å². The van der Waals surface area contributed by atoms with E-state index in [-0.39, 0.29) is 28.2 Å². The van der Waals surface area contributed by atoms with E-state index in [0.29, 0.717) is 0 Å². The molecule has 0 unspecified atom stereocenters. The predicted molar refractivity (Wildman–Crippen MR) is 79.9 cm³/mol. The average Bonchev–Trinajstić information content (AvgIpc) is 2.54. The van der Waals surface area contributed by atoms with Crippen LogP contribution in [0.25, 0.3) is 0 Å². The van der Waals surface area contributed by atoms with Crippen LogP contribution < -0.4 is 5.32 Å². The number of nitroso groups, excluding NO2 is 1. The minimum atomic E-state index is -1.16. The second-order valence-electron chi connectivity index (χ2n) is 4.39. The van der Waals surface area contributed by atoms with Gasteiger partial charge in [-0.2, -0.15) is 0 Å². The molecular weight excluding hydrogens is 306 g/mol. The van der Waals surface area contributed by atoms with Gasteiger partial charge >= 0.3 is 5.97 Å². The van der Waals surface area contributed by atoms with Crippen LogP contribution in [0.4, 0.5) is 17.1 Å². The molecular formula is C14H9N3O6. The zero-order chi connectivity index (χ0) is 17.0. The minimum Gasteiger partial charge on any atom is -0.478 e. The largest absolute Gasteiger partial charge is 0.478 e. The lowest BCUT2D eigenvalue weighted by atomic mass is 10.1. The van der Waals surface area contributed by atoms with Gasteiger partial charge in [0.05, 0.1) is 16.1 Å². The Labute approximate surface area is 128 Å². The van der Waals surface area contributed by atoms with Gasteiger partial charge < -0.3 is 10.4 Å². The molecule has 0 aliphatic heterocycles. The summed E-state index contributed by atoms with van der Waals surface area (Å²) >= 11 is 0. The van der Waals surface area contributed by atoms with Crippen LogP contribution in [0, 0.1) is 15.0 Å². The maximum atomic E-state index is 12.1. The van der Waals surface area contributed by atoms with Crippen LogP contribution in [0.3, 0.4) is 0 Å². The Hall–Kier alpha value is -3.62. The van der Waals surface area contributed by atoms with E-state index < -0.39 is 16.8 Å². The molecule has 2 rings (SSSR count). The highest BCUT2D eigenvalue weighted by Crippen LogP contribution is 2.26. The number of carboxylic acid groups (broad SMARTS) is 1. The van der Waals surface area contributed by atoms with Gasteiger partial charge in [-0.3, -0.25) is 14.9 Å². The van der Waals surface area contributed by atoms with Gasteiger partial charge in [-0.1, -0.05) is 6.07 Å². The molecule has 0 fully saturated rings. The van der Waals surface area contributed by atoms with Crippen LogP contribution >= 0.6 is 0 Å². The second-order valence-corrected chi connectivity index (χ2v) is 4.39. The highest BCUT2D eigenvalue weighted by Gasteiger charge is 2.17. The molecule has 0 aliphatic rings. The van der Waals surface area contributed by atoms with Crippen LogP contribution in [-0.2, 0) is 0 Å².